The molecular formula is C13H22N2O2. The number of nitrogens with zero attached hydrogens (tertiary/aromatic N) is 2. The zero-order valence-electron chi connectivity index (χ0n) is 10.6. The Morgan fingerprint density at radius 2 is 2.06 bits per heavy atom. The molecule has 4 heteroatoms. The second-order valence-electron chi connectivity index (χ2n) is 5.63. The molecule has 1 saturated carbocycles. The van der Waals surface area contributed by atoms with Crippen molar-refractivity contribution in [2.24, 2.45) is 5.92 Å². The second kappa shape index (κ2) is 4.58. The molecule has 2 atom stereocenters. The van der Waals surface area contributed by atoms with E-state index in [0.29, 0.717) is 12.0 Å². The van der Waals surface area contributed by atoms with Gasteiger partial charge >= 0.3 is 5.97 Å². The summed E-state index contributed by atoms with van der Waals surface area (Å²) in [5.41, 5.74) is 0. The first kappa shape index (κ1) is 11.5. The van der Waals surface area contributed by atoms with E-state index in [1.165, 1.54) is 39.3 Å². The van der Waals surface area contributed by atoms with Crippen LogP contribution in [-0.2, 0) is 9.53 Å². The number of carbonyl (C=O) groups excluding carboxylic acids is 1. The summed E-state index contributed by atoms with van der Waals surface area (Å²) in [5, 5.41) is 0. The molecule has 17 heavy (non-hydrogen) atoms. The van der Waals surface area contributed by atoms with E-state index in [4.69, 9.17) is 4.74 Å². The summed E-state index contributed by atoms with van der Waals surface area (Å²) >= 11 is 0. The Bertz CT molecular complexity index is 304. The molecule has 3 rings (SSSR count). The molecule has 0 aromatic carbocycles. The zero-order chi connectivity index (χ0) is 11.8. The van der Waals surface area contributed by atoms with Gasteiger partial charge in [-0.2, -0.15) is 0 Å². The molecule has 0 bridgehead atoms. The predicted octanol–water partition coefficient (Wildman–Crippen LogP) is 0.718. The summed E-state index contributed by atoms with van der Waals surface area (Å²) in [5.74, 6) is 0.550. The number of hydrogen-bond acceptors (Lipinski definition) is 4. The number of rotatable bonds is 3. The molecule has 0 aromatic rings. The van der Waals surface area contributed by atoms with Crippen LogP contribution in [0.25, 0.3) is 0 Å². The molecule has 0 amide bonds. The fourth-order valence-electron chi connectivity index (χ4n) is 3.44. The highest BCUT2D eigenvalue weighted by Gasteiger charge is 2.43. The van der Waals surface area contributed by atoms with E-state index in [-0.39, 0.29) is 12.0 Å². The zero-order valence-corrected chi connectivity index (χ0v) is 10.6. The molecule has 3 aliphatic rings. The first-order valence-corrected chi connectivity index (χ1v) is 6.85. The molecule has 2 saturated heterocycles. The maximum absolute atomic E-state index is 11.9. The Labute approximate surface area is 103 Å². The highest BCUT2D eigenvalue weighted by Crippen LogP contribution is 2.37. The van der Waals surface area contributed by atoms with Crippen molar-refractivity contribution in [3.63, 3.8) is 0 Å². The third-order valence-corrected chi connectivity index (χ3v) is 4.52. The largest absolute Gasteiger partial charge is 0.468 e. The molecule has 0 aromatic heterocycles. The van der Waals surface area contributed by atoms with Crippen LogP contribution in [0.1, 0.15) is 25.7 Å². The van der Waals surface area contributed by atoms with Crippen LogP contribution in [0, 0.1) is 5.92 Å². The molecular weight excluding hydrogens is 216 g/mol. The normalized spacial score (nSPS) is 32.2. The van der Waals surface area contributed by atoms with Crippen molar-refractivity contribution >= 4 is 5.97 Å². The molecule has 2 heterocycles. The van der Waals surface area contributed by atoms with Gasteiger partial charge in [0.2, 0.25) is 0 Å². The van der Waals surface area contributed by atoms with Gasteiger partial charge in [-0.25, -0.2) is 0 Å². The molecule has 1 aliphatic carbocycles. The van der Waals surface area contributed by atoms with Gasteiger partial charge in [-0.05, 0) is 38.1 Å². The Balaban J connectivity index is 1.67. The van der Waals surface area contributed by atoms with Crippen LogP contribution in [0.2, 0.25) is 0 Å². The minimum Gasteiger partial charge on any atom is -0.468 e. The van der Waals surface area contributed by atoms with E-state index in [9.17, 15) is 4.79 Å². The lowest BCUT2D eigenvalue weighted by Crippen LogP contribution is -2.56. The van der Waals surface area contributed by atoms with Gasteiger partial charge in [0.05, 0.1) is 7.11 Å². The third kappa shape index (κ3) is 2.20. The van der Waals surface area contributed by atoms with Crippen LogP contribution >= 0.6 is 0 Å². The van der Waals surface area contributed by atoms with E-state index >= 15 is 0 Å². The minimum atomic E-state index is -0.0149. The molecule has 0 N–H and O–H groups in total. The summed E-state index contributed by atoms with van der Waals surface area (Å²) < 4.78 is 4.98. The first-order valence-electron chi connectivity index (χ1n) is 6.85. The summed E-state index contributed by atoms with van der Waals surface area (Å²) in [4.78, 5) is 16.9. The van der Waals surface area contributed by atoms with Crippen LogP contribution in [0.4, 0.5) is 0 Å². The maximum Gasteiger partial charge on any atom is 0.323 e. The van der Waals surface area contributed by atoms with Crippen molar-refractivity contribution in [1.29, 1.82) is 0 Å². The third-order valence-electron chi connectivity index (χ3n) is 4.52. The monoisotopic (exact) mass is 238 g/mol. The van der Waals surface area contributed by atoms with Crippen molar-refractivity contribution in [3.05, 3.63) is 0 Å². The lowest BCUT2D eigenvalue weighted by Gasteiger charge is -2.40. The Morgan fingerprint density at radius 1 is 1.24 bits per heavy atom. The van der Waals surface area contributed by atoms with E-state index in [0.717, 1.165) is 19.6 Å². The molecule has 4 nitrogen and oxygen atoms in total. The number of hydrogen-bond donors (Lipinski definition) is 0. The average molecular weight is 238 g/mol. The lowest BCUT2D eigenvalue weighted by molar-refractivity contribution is -0.149. The molecule has 2 unspecified atom stereocenters. The van der Waals surface area contributed by atoms with Crippen LogP contribution < -0.4 is 0 Å². The smallest absolute Gasteiger partial charge is 0.323 e. The van der Waals surface area contributed by atoms with Gasteiger partial charge in [-0.1, -0.05) is 0 Å². The molecule has 0 spiro atoms. The number of piperazine rings is 1. The van der Waals surface area contributed by atoms with E-state index in [2.05, 4.69) is 9.80 Å². The SMILES string of the molecule is COC(=O)C(C1CC1)N1CCN2CCCC2C1. The Morgan fingerprint density at radius 3 is 2.76 bits per heavy atom. The fraction of sp³-hybridized carbons (Fsp3) is 0.923. The topological polar surface area (TPSA) is 32.8 Å². The van der Waals surface area contributed by atoms with Crippen molar-refractivity contribution in [2.45, 2.75) is 37.8 Å². The van der Waals surface area contributed by atoms with Gasteiger partial charge in [-0.15, -0.1) is 0 Å². The quantitative estimate of drug-likeness (QED) is 0.678. The predicted molar refractivity (Wildman–Crippen MR) is 64.7 cm³/mol. The van der Waals surface area contributed by atoms with Crippen molar-refractivity contribution in [1.82, 2.24) is 9.80 Å². The summed E-state index contributed by atoms with van der Waals surface area (Å²) in [7, 11) is 1.52. The van der Waals surface area contributed by atoms with Crippen molar-refractivity contribution in [3.8, 4) is 0 Å². The standard InChI is InChI=1S/C13H22N2O2/c1-17-13(16)12(10-4-5-10)15-8-7-14-6-2-3-11(14)9-15/h10-12H,2-9H2,1H3. The number of fused-ring (bicyclic) bond motifs is 1. The number of esters is 1. The second-order valence-corrected chi connectivity index (χ2v) is 5.63. The van der Waals surface area contributed by atoms with Gasteiger partial charge < -0.3 is 4.74 Å². The number of ether oxygens (including phenoxy) is 1. The van der Waals surface area contributed by atoms with E-state index in [1.807, 2.05) is 0 Å². The fourth-order valence-corrected chi connectivity index (χ4v) is 3.44. The minimum absolute atomic E-state index is 0.0149. The maximum atomic E-state index is 11.9. The van der Waals surface area contributed by atoms with Crippen LogP contribution in [0.5, 0.6) is 0 Å². The van der Waals surface area contributed by atoms with Gasteiger partial charge in [0.1, 0.15) is 6.04 Å². The molecule has 3 fully saturated rings. The molecule has 2 aliphatic heterocycles. The van der Waals surface area contributed by atoms with Crippen LogP contribution in [0.3, 0.4) is 0 Å². The van der Waals surface area contributed by atoms with Gasteiger partial charge in [-0.3, -0.25) is 14.6 Å². The Hall–Kier alpha value is -0.610. The summed E-state index contributed by atoms with van der Waals surface area (Å²) in [6, 6.07) is 0.734. The van der Waals surface area contributed by atoms with Crippen molar-refractivity contribution in [2.75, 3.05) is 33.3 Å². The highest BCUT2D eigenvalue weighted by molar-refractivity contribution is 5.76. The van der Waals surface area contributed by atoms with E-state index < -0.39 is 0 Å². The van der Waals surface area contributed by atoms with E-state index in [1.54, 1.807) is 0 Å². The Kier molecular flexibility index (Phi) is 3.09. The average Bonchev–Trinajstić information content (AvgIpc) is 3.06. The van der Waals surface area contributed by atoms with Gasteiger partial charge in [0.15, 0.2) is 0 Å². The summed E-state index contributed by atoms with van der Waals surface area (Å²) in [6.45, 7) is 4.48. The molecule has 0 radical (unpaired) electrons. The van der Waals surface area contributed by atoms with Gasteiger partial charge in [0, 0.05) is 25.7 Å². The first-order chi connectivity index (χ1) is 8.29. The van der Waals surface area contributed by atoms with Crippen LogP contribution in [-0.4, -0.2) is 61.1 Å². The summed E-state index contributed by atoms with van der Waals surface area (Å²) in [6.07, 6.45) is 5.02. The van der Waals surface area contributed by atoms with Gasteiger partial charge in [0.25, 0.3) is 0 Å². The number of carbonyl (C=O) groups is 1. The number of methoxy groups -OCH3 is 1. The molecule has 96 valence electrons. The highest BCUT2D eigenvalue weighted by atomic mass is 16.5. The lowest BCUT2D eigenvalue weighted by atomic mass is 10.1. The van der Waals surface area contributed by atoms with Crippen LogP contribution in [0.15, 0.2) is 0 Å². The van der Waals surface area contributed by atoms with Crippen molar-refractivity contribution < 1.29 is 9.53 Å².